The summed E-state index contributed by atoms with van der Waals surface area (Å²) < 4.78 is 13.8. The number of amides is 1. The average Bonchev–Trinajstić information content (AvgIpc) is 2.34. The number of benzene rings is 1. The third-order valence-corrected chi connectivity index (χ3v) is 4.09. The highest BCUT2D eigenvalue weighted by atomic mass is 19.1. The second-order valence-electron chi connectivity index (χ2n) is 5.99. The lowest BCUT2D eigenvalue weighted by molar-refractivity contribution is 0.100. The molecule has 104 valence electrons. The number of carbonyl (C=O) groups excluding carboxylic acids is 1. The Bertz CT molecular complexity index is 485. The van der Waals surface area contributed by atoms with E-state index in [1.807, 2.05) is 0 Å². The Morgan fingerprint density at radius 3 is 2.79 bits per heavy atom. The normalized spacial score (nSPS) is 21.9. The second kappa shape index (κ2) is 5.19. The first-order valence-corrected chi connectivity index (χ1v) is 6.76. The highest BCUT2D eigenvalue weighted by molar-refractivity contribution is 5.93. The van der Waals surface area contributed by atoms with Gasteiger partial charge in [-0.3, -0.25) is 4.79 Å². The Kier molecular flexibility index (Phi) is 3.78. The summed E-state index contributed by atoms with van der Waals surface area (Å²) in [5.74, 6) is -0.877. The quantitative estimate of drug-likeness (QED) is 0.880. The molecule has 0 aliphatic heterocycles. The fraction of sp³-hybridized carbons (Fsp3) is 0.533. The molecule has 0 aromatic heterocycles. The maximum atomic E-state index is 13.8. The zero-order chi connectivity index (χ0) is 14.0. The average molecular weight is 264 g/mol. The first-order valence-electron chi connectivity index (χ1n) is 6.76. The van der Waals surface area contributed by atoms with Crippen LogP contribution in [-0.2, 0) is 0 Å². The van der Waals surface area contributed by atoms with Crippen molar-refractivity contribution in [1.82, 2.24) is 0 Å². The van der Waals surface area contributed by atoms with Crippen molar-refractivity contribution in [3.63, 3.8) is 0 Å². The molecule has 2 rings (SSSR count). The SMILES string of the molecule is CC1(C)CCCCC1Nc1cc(C(N)=O)ccc1F. The standard InChI is InChI=1S/C15H21FN2O/c1-15(2)8-4-3-5-13(15)18-12-9-10(14(17)19)6-7-11(12)16/h6-7,9,13,18H,3-5,8H2,1-2H3,(H2,17,19). The van der Waals surface area contributed by atoms with Crippen LogP contribution in [0.4, 0.5) is 10.1 Å². The van der Waals surface area contributed by atoms with Crippen LogP contribution < -0.4 is 11.1 Å². The lowest BCUT2D eigenvalue weighted by Crippen LogP contribution is -2.39. The van der Waals surface area contributed by atoms with Gasteiger partial charge in [0, 0.05) is 11.6 Å². The van der Waals surface area contributed by atoms with Crippen molar-refractivity contribution in [2.24, 2.45) is 11.1 Å². The van der Waals surface area contributed by atoms with Crippen LogP contribution in [-0.4, -0.2) is 11.9 Å². The molecule has 19 heavy (non-hydrogen) atoms. The van der Waals surface area contributed by atoms with Gasteiger partial charge >= 0.3 is 0 Å². The first kappa shape index (κ1) is 13.8. The lowest BCUT2D eigenvalue weighted by Gasteiger charge is -2.39. The predicted octanol–water partition coefficient (Wildman–Crippen LogP) is 3.31. The summed E-state index contributed by atoms with van der Waals surface area (Å²) in [6.45, 7) is 4.39. The summed E-state index contributed by atoms with van der Waals surface area (Å²) in [7, 11) is 0. The van der Waals surface area contributed by atoms with Crippen molar-refractivity contribution in [2.45, 2.75) is 45.6 Å². The molecular weight excluding hydrogens is 243 g/mol. The van der Waals surface area contributed by atoms with E-state index >= 15 is 0 Å². The van der Waals surface area contributed by atoms with Crippen molar-refractivity contribution in [1.29, 1.82) is 0 Å². The largest absolute Gasteiger partial charge is 0.379 e. The van der Waals surface area contributed by atoms with Crippen molar-refractivity contribution in [2.75, 3.05) is 5.32 Å². The number of hydrogen-bond acceptors (Lipinski definition) is 2. The molecule has 1 aliphatic rings. The Balaban J connectivity index is 2.22. The molecule has 1 fully saturated rings. The van der Waals surface area contributed by atoms with Gasteiger partial charge in [0.05, 0.1) is 5.69 Å². The summed E-state index contributed by atoms with van der Waals surface area (Å²) >= 11 is 0. The van der Waals surface area contributed by atoms with E-state index in [0.29, 0.717) is 11.3 Å². The minimum absolute atomic E-state index is 0.132. The zero-order valence-electron chi connectivity index (χ0n) is 11.5. The molecule has 0 bridgehead atoms. The van der Waals surface area contributed by atoms with Crippen LogP contribution in [0.2, 0.25) is 0 Å². The van der Waals surface area contributed by atoms with Crippen LogP contribution >= 0.6 is 0 Å². The van der Waals surface area contributed by atoms with Crippen molar-refractivity contribution < 1.29 is 9.18 Å². The molecule has 0 radical (unpaired) electrons. The highest BCUT2D eigenvalue weighted by Gasteiger charge is 2.32. The second-order valence-corrected chi connectivity index (χ2v) is 5.99. The van der Waals surface area contributed by atoms with E-state index in [1.54, 1.807) is 0 Å². The molecule has 0 heterocycles. The summed E-state index contributed by atoms with van der Waals surface area (Å²) in [6, 6.07) is 4.43. The van der Waals surface area contributed by atoms with Crippen LogP contribution in [0.5, 0.6) is 0 Å². The summed E-state index contributed by atoms with van der Waals surface area (Å²) in [6.07, 6.45) is 4.52. The van der Waals surface area contributed by atoms with E-state index in [-0.39, 0.29) is 17.3 Å². The maximum absolute atomic E-state index is 13.8. The van der Waals surface area contributed by atoms with Crippen LogP contribution in [0.25, 0.3) is 0 Å². The van der Waals surface area contributed by atoms with E-state index in [0.717, 1.165) is 19.3 Å². The number of hydrogen-bond donors (Lipinski definition) is 2. The van der Waals surface area contributed by atoms with Gasteiger partial charge in [-0.15, -0.1) is 0 Å². The summed E-state index contributed by atoms with van der Waals surface area (Å²) in [5.41, 5.74) is 6.06. The molecule has 1 atom stereocenters. The van der Waals surface area contributed by atoms with Crippen LogP contribution in [0.3, 0.4) is 0 Å². The van der Waals surface area contributed by atoms with Crippen LogP contribution in [0, 0.1) is 11.2 Å². The van der Waals surface area contributed by atoms with Crippen molar-refractivity contribution >= 4 is 11.6 Å². The number of rotatable bonds is 3. The van der Waals surface area contributed by atoms with Gasteiger partial charge in [0.15, 0.2) is 0 Å². The number of halogens is 1. The number of nitrogens with two attached hydrogens (primary N) is 1. The van der Waals surface area contributed by atoms with Gasteiger partial charge in [-0.05, 0) is 36.5 Å². The predicted molar refractivity (Wildman–Crippen MR) is 74.6 cm³/mol. The first-order chi connectivity index (χ1) is 8.90. The van der Waals surface area contributed by atoms with Crippen molar-refractivity contribution in [3.05, 3.63) is 29.6 Å². The van der Waals surface area contributed by atoms with Crippen LogP contribution in [0.1, 0.15) is 49.9 Å². The highest BCUT2D eigenvalue weighted by Crippen LogP contribution is 2.37. The van der Waals surface area contributed by atoms with Gasteiger partial charge in [-0.2, -0.15) is 0 Å². The molecule has 1 unspecified atom stereocenters. The Hall–Kier alpha value is -1.58. The monoisotopic (exact) mass is 264 g/mol. The van der Waals surface area contributed by atoms with Gasteiger partial charge in [0.2, 0.25) is 5.91 Å². The van der Waals surface area contributed by atoms with E-state index in [9.17, 15) is 9.18 Å². The van der Waals surface area contributed by atoms with Gasteiger partial charge in [-0.1, -0.05) is 26.7 Å². The van der Waals surface area contributed by atoms with E-state index in [1.165, 1.54) is 24.6 Å². The van der Waals surface area contributed by atoms with Gasteiger partial charge in [-0.25, -0.2) is 4.39 Å². The maximum Gasteiger partial charge on any atom is 0.248 e. The Morgan fingerprint density at radius 2 is 2.16 bits per heavy atom. The number of carbonyl (C=O) groups is 1. The molecule has 1 amide bonds. The third-order valence-electron chi connectivity index (χ3n) is 4.09. The number of primary amides is 1. The molecule has 4 heteroatoms. The minimum atomic E-state index is -0.536. The molecule has 3 nitrogen and oxygen atoms in total. The topological polar surface area (TPSA) is 55.1 Å². The van der Waals surface area contributed by atoms with Gasteiger partial charge < -0.3 is 11.1 Å². The Labute approximate surface area is 113 Å². The molecule has 0 saturated heterocycles. The molecule has 1 aromatic carbocycles. The van der Waals surface area contributed by atoms with E-state index in [4.69, 9.17) is 5.73 Å². The zero-order valence-corrected chi connectivity index (χ0v) is 11.5. The minimum Gasteiger partial charge on any atom is -0.379 e. The van der Waals surface area contributed by atoms with Gasteiger partial charge in [0.25, 0.3) is 0 Å². The molecule has 1 aromatic rings. The van der Waals surface area contributed by atoms with Gasteiger partial charge in [0.1, 0.15) is 5.82 Å². The fourth-order valence-electron chi connectivity index (χ4n) is 2.74. The van der Waals surface area contributed by atoms with Crippen molar-refractivity contribution in [3.8, 4) is 0 Å². The number of nitrogens with one attached hydrogen (secondary N) is 1. The molecular formula is C15H21FN2O. The fourth-order valence-corrected chi connectivity index (χ4v) is 2.74. The van der Waals surface area contributed by atoms with E-state index < -0.39 is 5.91 Å². The molecule has 0 spiro atoms. The summed E-state index contributed by atoms with van der Waals surface area (Å²) in [5, 5.41) is 3.25. The lowest BCUT2D eigenvalue weighted by atomic mass is 9.73. The molecule has 1 aliphatic carbocycles. The summed E-state index contributed by atoms with van der Waals surface area (Å²) in [4.78, 5) is 11.2. The van der Waals surface area contributed by atoms with E-state index in [2.05, 4.69) is 19.2 Å². The smallest absolute Gasteiger partial charge is 0.248 e. The third kappa shape index (κ3) is 3.06. The van der Waals surface area contributed by atoms with Crippen LogP contribution in [0.15, 0.2) is 18.2 Å². The molecule has 1 saturated carbocycles. The molecule has 3 N–H and O–H groups in total. The number of anilines is 1. The Morgan fingerprint density at radius 1 is 1.42 bits per heavy atom.